The molecular formula is C20H22BrN3O3. The van der Waals surface area contributed by atoms with E-state index in [1.165, 1.54) is 0 Å². The quantitative estimate of drug-likeness (QED) is 0.715. The van der Waals surface area contributed by atoms with E-state index in [4.69, 9.17) is 14.5 Å². The summed E-state index contributed by atoms with van der Waals surface area (Å²) in [7, 11) is 0. The molecule has 0 fully saturated rings. The zero-order valence-electron chi connectivity index (χ0n) is 15.4. The Labute approximate surface area is 166 Å². The van der Waals surface area contributed by atoms with Gasteiger partial charge in [-0.3, -0.25) is 9.89 Å². The molecule has 2 unspecified atom stereocenters. The summed E-state index contributed by atoms with van der Waals surface area (Å²) in [6.45, 7) is 4.91. The smallest absolute Gasteiger partial charge is 0.315 e. The second-order valence-corrected chi connectivity index (χ2v) is 7.73. The lowest BCUT2D eigenvalue weighted by molar-refractivity contribution is -0.146. The molecule has 0 saturated carbocycles. The number of nitrogens with zero attached hydrogens (tertiary/aromatic N) is 2. The average molecular weight is 432 g/mol. The van der Waals surface area contributed by atoms with E-state index in [9.17, 15) is 4.79 Å². The van der Waals surface area contributed by atoms with E-state index in [2.05, 4.69) is 39.1 Å². The number of H-pyrrole nitrogens is 1. The molecule has 2 aromatic rings. The van der Waals surface area contributed by atoms with Crippen molar-refractivity contribution in [1.29, 1.82) is 0 Å². The Bertz CT molecular complexity index is 906. The van der Waals surface area contributed by atoms with Crippen LogP contribution in [0.5, 0.6) is 5.75 Å². The number of benzene rings is 1. The number of hydrogen-bond donors (Lipinski definition) is 1. The van der Waals surface area contributed by atoms with Crippen LogP contribution in [0.25, 0.3) is 0 Å². The highest BCUT2D eigenvalue weighted by Crippen LogP contribution is 2.48. The van der Waals surface area contributed by atoms with Gasteiger partial charge in [0.2, 0.25) is 0 Å². The predicted octanol–water partition coefficient (Wildman–Crippen LogP) is 4.30. The highest BCUT2D eigenvalue weighted by molar-refractivity contribution is 9.10. The normalized spacial score (nSPS) is 20.5. The van der Waals surface area contributed by atoms with Gasteiger partial charge < -0.3 is 9.47 Å². The second-order valence-electron chi connectivity index (χ2n) is 6.82. The molecule has 0 amide bonds. The summed E-state index contributed by atoms with van der Waals surface area (Å²) in [5, 5.41) is 7.17. The highest BCUT2D eigenvalue weighted by Gasteiger charge is 2.42. The first-order chi connectivity index (χ1) is 13.1. The van der Waals surface area contributed by atoms with Crippen LogP contribution in [0, 0.1) is 5.92 Å². The topological polar surface area (TPSA) is 76.6 Å². The minimum absolute atomic E-state index is 0.235. The molecular weight excluding hydrogens is 410 g/mol. The summed E-state index contributed by atoms with van der Waals surface area (Å²) in [5.74, 6) is 0.644. The Kier molecular flexibility index (Phi) is 5.04. The zero-order chi connectivity index (χ0) is 19.0. The van der Waals surface area contributed by atoms with Crippen LogP contribution in [-0.4, -0.2) is 35.1 Å². The lowest BCUT2D eigenvalue weighted by atomic mass is 9.75. The largest absolute Gasteiger partial charge is 0.493 e. The molecule has 1 N–H and O–H groups in total. The molecule has 142 valence electrons. The van der Waals surface area contributed by atoms with Crippen molar-refractivity contribution < 1.29 is 14.3 Å². The van der Waals surface area contributed by atoms with Crippen LogP contribution >= 0.6 is 15.9 Å². The van der Waals surface area contributed by atoms with Crippen LogP contribution in [-0.2, 0) is 16.0 Å². The van der Waals surface area contributed by atoms with Gasteiger partial charge in [0.1, 0.15) is 11.7 Å². The second kappa shape index (κ2) is 7.46. The number of aromatic nitrogens is 2. The molecule has 2 aliphatic heterocycles. The van der Waals surface area contributed by atoms with Gasteiger partial charge in [0, 0.05) is 33.7 Å². The van der Waals surface area contributed by atoms with Crippen molar-refractivity contribution in [2.75, 3.05) is 13.2 Å². The molecule has 1 aromatic heterocycles. The molecule has 2 aliphatic rings. The van der Waals surface area contributed by atoms with Crippen molar-refractivity contribution in [3.8, 4) is 5.75 Å². The highest BCUT2D eigenvalue weighted by atomic mass is 79.9. The number of ether oxygens (including phenoxy) is 2. The lowest BCUT2D eigenvalue weighted by Gasteiger charge is -2.31. The van der Waals surface area contributed by atoms with E-state index in [-0.39, 0.29) is 11.9 Å². The number of carbonyl (C=O) groups excluding carboxylic acids is 1. The molecule has 3 heterocycles. The van der Waals surface area contributed by atoms with E-state index in [0.29, 0.717) is 13.2 Å². The van der Waals surface area contributed by atoms with Gasteiger partial charge in [0.25, 0.3) is 0 Å². The maximum absolute atomic E-state index is 13.0. The van der Waals surface area contributed by atoms with Crippen molar-refractivity contribution in [3.63, 3.8) is 0 Å². The van der Waals surface area contributed by atoms with Crippen molar-refractivity contribution in [3.05, 3.63) is 39.5 Å². The standard InChI is InChI=1S/C20H22BrN3O3/c1-3-5-15-17(20(25)26-4-2)16(14-10-22-24-19(14)23-15)13-9-12(21)8-11-6-7-27-18(11)13/h8-10,16-17H,3-7H2,1-2H3,(H,22,24). The Morgan fingerprint density at radius 3 is 3.00 bits per heavy atom. The van der Waals surface area contributed by atoms with E-state index in [0.717, 1.165) is 57.7 Å². The fraction of sp³-hybridized carbons (Fsp3) is 0.450. The maximum atomic E-state index is 13.0. The van der Waals surface area contributed by atoms with E-state index in [1.807, 2.05) is 13.0 Å². The van der Waals surface area contributed by atoms with Gasteiger partial charge in [0.15, 0.2) is 5.82 Å². The summed E-state index contributed by atoms with van der Waals surface area (Å²) >= 11 is 3.62. The van der Waals surface area contributed by atoms with Crippen LogP contribution in [0.4, 0.5) is 5.82 Å². The van der Waals surface area contributed by atoms with Gasteiger partial charge in [-0.25, -0.2) is 4.99 Å². The summed E-state index contributed by atoms with van der Waals surface area (Å²) < 4.78 is 12.4. The number of hydrogen-bond acceptors (Lipinski definition) is 5. The first-order valence-corrected chi connectivity index (χ1v) is 10.2. The maximum Gasteiger partial charge on any atom is 0.315 e. The molecule has 7 heteroatoms. The summed E-state index contributed by atoms with van der Waals surface area (Å²) in [6, 6.07) is 4.14. The predicted molar refractivity (Wildman–Crippen MR) is 106 cm³/mol. The van der Waals surface area contributed by atoms with Gasteiger partial charge in [-0.1, -0.05) is 29.3 Å². The van der Waals surface area contributed by atoms with Crippen LogP contribution in [0.3, 0.4) is 0 Å². The summed E-state index contributed by atoms with van der Waals surface area (Å²) in [6.07, 6.45) is 4.26. The summed E-state index contributed by atoms with van der Waals surface area (Å²) in [5.41, 5.74) is 3.89. The SMILES string of the molecule is CCCC1=Nc2[nH]ncc2C(c2cc(Br)cc3c2OCC3)C1C(=O)OCC. The van der Waals surface area contributed by atoms with Gasteiger partial charge in [-0.05, 0) is 31.0 Å². The van der Waals surface area contributed by atoms with Crippen molar-refractivity contribution >= 4 is 33.4 Å². The fourth-order valence-corrected chi connectivity index (χ4v) is 4.56. The van der Waals surface area contributed by atoms with Gasteiger partial charge in [-0.15, -0.1) is 0 Å². The number of aliphatic imine (C=N–C) groups is 1. The third kappa shape index (κ3) is 3.18. The molecule has 27 heavy (non-hydrogen) atoms. The molecule has 0 bridgehead atoms. The molecule has 6 nitrogen and oxygen atoms in total. The molecule has 0 aliphatic carbocycles. The number of carbonyl (C=O) groups is 1. The molecule has 1 aromatic carbocycles. The van der Waals surface area contributed by atoms with Crippen LogP contribution in [0.1, 0.15) is 49.3 Å². The number of esters is 1. The number of nitrogens with one attached hydrogen (secondary N) is 1. The molecule has 0 saturated heterocycles. The minimum atomic E-state index is -0.474. The number of rotatable bonds is 5. The van der Waals surface area contributed by atoms with E-state index in [1.54, 1.807) is 6.20 Å². The first kappa shape index (κ1) is 18.2. The van der Waals surface area contributed by atoms with Gasteiger partial charge in [-0.2, -0.15) is 5.10 Å². The third-order valence-electron chi connectivity index (χ3n) is 5.09. The lowest BCUT2D eigenvalue weighted by Crippen LogP contribution is -2.34. The number of halogens is 1. The molecule has 4 rings (SSSR count). The number of fused-ring (bicyclic) bond motifs is 2. The minimum Gasteiger partial charge on any atom is -0.493 e. The molecule has 0 radical (unpaired) electrons. The third-order valence-corrected chi connectivity index (χ3v) is 5.55. The van der Waals surface area contributed by atoms with Gasteiger partial charge >= 0.3 is 5.97 Å². The molecule has 0 spiro atoms. The Balaban J connectivity index is 1.91. The van der Waals surface area contributed by atoms with Crippen molar-refractivity contribution in [1.82, 2.24) is 10.2 Å². The summed E-state index contributed by atoms with van der Waals surface area (Å²) in [4.78, 5) is 17.7. The first-order valence-electron chi connectivity index (χ1n) is 9.36. The van der Waals surface area contributed by atoms with E-state index < -0.39 is 5.92 Å². The monoisotopic (exact) mass is 431 g/mol. The van der Waals surface area contributed by atoms with Crippen LogP contribution in [0.2, 0.25) is 0 Å². The van der Waals surface area contributed by atoms with Gasteiger partial charge in [0.05, 0.1) is 19.4 Å². The Morgan fingerprint density at radius 2 is 2.22 bits per heavy atom. The van der Waals surface area contributed by atoms with Crippen molar-refractivity contribution in [2.45, 2.75) is 39.0 Å². The van der Waals surface area contributed by atoms with E-state index >= 15 is 0 Å². The fourth-order valence-electron chi connectivity index (χ4n) is 4.04. The average Bonchev–Trinajstić information content (AvgIpc) is 3.29. The van der Waals surface area contributed by atoms with Crippen LogP contribution in [0.15, 0.2) is 27.8 Å². The Morgan fingerprint density at radius 1 is 1.37 bits per heavy atom. The zero-order valence-corrected chi connectivity index (χ0v) is 17.0. The van der Waals surface area contributed by atoms with Crippen molar-refractivity contribution in [2.24, 2.45) is 10.9 Å². The molecule has 2 atom stereocenters. The van der Waals surface area contributed by atoms with Crippen LogP contribution < -0.4 is 4.74 Å². The number of aromatic amines is 1. The Hall–Kier alpha value is -2.15.